The molecule has 1 rings (SSSR count). The summed E-state index contributed by atoms with van der Waals surface area (Å²) in [7, 11) is 1.66. The van der Waals surface area contributed by atoms with E-state index in [1.54, 1.807) is 7.11 Å². The summed E-state index contributed by atoms with van der Waals surface area (Å²) in [6, 6.07) is 0.0570. The molecule has 0 fully saturated rings. The Bertz CT molecular complexity index is 338. The van der Waals surface area contributed by atoms with Gasteiger partial charge in [-0.15, -0.1) is 0 Å². The Morgan fingerprint density at radius 2 is 2.25 bits per heavy atom. The van der Waals surface area contributed by atoms with Crippen molar-refractivity contribution in [1.29, 1.82) is 0 Å². The van der Waals surface area contributed by atoms with Crippen LogP contribution in [0.2, 0.25) is 5.02 Å². The number of nitrogens with zero attached hydrogens (tertiary/aromatic N) is 2. The molecule has 1 heterocycles. The van der Waals surface area contributed by atoms with Gasteiger partial charge in [-0.1, -0.05) is 11.6 Å². The number of methoxy groups -OCH3 is 1. The molecule has 0 spiro atoms. The van der Waals surface area contributed by atoms with Crippen molar-refractivity contribution in [2.45, 2.75) is 39.3 Å². The summed E-state index contributed by atoms with van der Waals surface area (Å²) in [5.41, 5.74) is 7.85. The van der Waals surface area contributed by atoms with Gasteiger partial charge >= 0.3 is 0 Å². The summed E-state index contributed by atoms with van der Waals surface area (Å²) in [6.45, 7) is 5.40. The number of ether oxygens (including phenoxy) is 1. The molecular formula is C11H20ClN3O. The summed E-state index contributed by atoms with van der Waals surface area (Å²) in [5.74, 6) is 0. The van der Waals surface area contributed by atoms with Gasteiger partial charge in [-0.2, -0.15) is 5.10 Å². The minimum absolute atomic E-state index is 0.0570. The number of aryl methyl sites for hydroxylation is 2. The first-order valence-corrected chi connectivity index (χ1v) is 5.94. The molecule has 1 atom stereocenters. The van der Waals surface area contributed by atoms with E-state index < -0.39 is 0 Å². The quantitative estimate of drug-likeness (QED) is 0.831. The molecule has 4 nitrogen and oxygen atoms in total. The Labute approximate surface area is 102 Å². The van der Waals surface area contributed by atoms with Gasteiger partial charge in [0.25, 0.3) is 0 Å². The molecule has 0 aliphatic heterocycles. The predicted octanol–water partition coefficient (Wildman–Crippen LogP) is 1.77. The maximum Gasteiger partial charge on any atom is 0.0847 e. The maximum atomic E-state index is 6.20. The second-order valence-corrected chi connectivity index (χ2v) is 4.29. The van der Waals surface area contributed by atoms with Crippen LogP contribution in [0.15, 0.2) is 0 Å². The third-order valence-corrected chi connectivity index (χ3v) is 3.08. The summed E-state index contributed by atoms with van der Waals surface area (Å²) < 4.78 is 6.95. The van der Waals surface area contributed by atoms with Crippen molar-refractivity contribution in [3.63, 3.8) is 0 Å². The van der Waals surface area contributed by atoms with Gasteiger partial charge < -0.3 is 10.5 Å². The minimum Gasteiger partial charge on any atom is -0.383 e. The zero-order valence-corrected chi connectivity index (χ0v) is 10.9. The number of hydrogen-bond donors (Lipinski definition) is 1. The number of aromatic nitrogens is 2. The third-order valence-electron chi connectivity index (χ3n) is 2.59. The molecule has 92 valence electrons. The smallest absolute Gasteiger partial charge is 0.0847 e. The largest absolute Gasteiger partial charge is 0.383 e. The van der Waals surface area contributed by atoms with Crippen LogP contribution in [0.3, 0.4) is 0 Å². The molecule has 1 aromatic heterocycles. The van der Waals surface area contributed by atoms with Gasteiger partial charge in [-0.25, -0.2) is 0 Å². The van der Waals surface area contributed by atoms with Crippen LogP contribution in [0.4, 0.5) is 0 Å². The van der Waals surface area contributed by atoms with E-state index in [9.17, 15) is 0 Å². The highest BCUT2D eigenvalue weighted by molar-refractivity contribution is 6.31. The highest BCUT2D eigenvalue weighted by Gasteiger charge is 2.13. The van der Waals surface area contributed by atoms with Crippen molar-refractivity contribution >= 4 is 11.6 Å². The Morgan fingerprint density at radius 3 is 2.81 bits per heavy atom. The van der Waals surface area contributed by atoms with E-state index in [2.05, 4.69) is 12.0 Å². The van der Waals surface area contributed by atoms with Crippen LogP contribution < -0.4 is 5.73 Å². The lowest BCUT2D eigenvalue weighted by molar-refractivity contribution is 0.177. The van der Waals surface area contributed by atoms with Crippen molar-refractivity contribution < 1.29 is 4.74 Å². The van der Waals surface area contributed by atoms with Crippen LogP contribution in [-0.4, -0.2) is 29.5 Å². The van der Waals surface area contributed by atoms with Crippen LogP contribution >= 0.6 is 11.6 Å². The van der Waals surface area contributed by atoms with Gasteiger partial charge in [-0.05, 0) is 26.7 Å². The first kappa shape index (κ1) is 13.5. The summed E-state index contributed by atoms with van der Waals surface area (Å²) >= 11 is 6.20. The van der Waals surface area contributed by atoms with Gasteiger partial charge in [0.05, 0.1) is 23.0 Å². The highest BCUT2D eigenvalue weighted by atomic mass is 35.5. The fourth-order valence-electron chi connectivity index (χ4n) is 1.73. The molecule has 0 saturated carbocycles. The summed E-state index contributed by atoms with van der Waals surface area (Å²) in [6.07, 6.45) is 1.71. The average Bonchev–Trinajstić information content (AvgIpc) is 2.53. The van der Waals surface area contributed by atoms with Crippen LogP contribution in [0.1, 0.15) is 24.7 Å². The van der Waals surface area contributed by atoms with Gasteiger partial charge in [-0.3, -0.25) is 4.68 Å². The fourth-order valence-corrected chi connectivity index (χ4v) is 1.96. The Morgan fingerprint density at radius 1 is 1.56 bits per heavy atom. The van der Waals surface area contributed by atoms with E-state index in [0.29, 0.717) is 6.61 Å². The predicted molar refractivity (Wildman–Crippen MR) is 65.8 cm³/mol. The first-order valence-electron chi connectivity index (χ1n) is 5.56. The zero-order chi connectivity index (χ0) is 12.1. The van der Waals surface area contributed by atoms with Crippen molar-refractivity contribution in [3.05, 3.63) is 16.4 Å². The molecule has 0 saturated heterocycles. The summed E-state index contributed by atoms with van der Waals surface area (Å²) in [5, 5.41) is 5.14. The van der Waals surface area contributed by atoms with Crippen molar-refractivity contribution in [1.82, 2.24) is 9.78 Å². The number of hydrogen-bond acceptors (Lipinski definition) is 3. The molecule has 16 heavy (non-hydrogen) atoms. The van der Waals surface area contributed by atoms with Crippen LogP contribution in [0.25, 0.3) is 0 Å². The second-order valence-electron chi connectivity index (χ2n) is 3.92. The molecule has 1 unspecified atom stereocenters. The van der Waals surface area contributed by atoms with Crippen molar-refractivity contribution in [3.8, 4) is 0 Å². The number of nitrogens with two attached hydrogens (primary N) is 1. The average molecular weight is 246 g/mol. The highest BCUT2D eigenvalue weighted by Crippen LogP contribution is 2.21. The SMILES string of the molecule is CCn1nc(C)c(Cl)c1CCC(N)COC. The second kappa shape index (κ2) is 6.23. The molecule has 0 aromatic carbocycles. The molecule has 2 N–H and O–H groups in total. The topological polar surface area (TPSA) is 53.1 Å². The van der Waals surface area contributed by atoms with Gasteiger partial charge in [0, 0.05) is 19.7 Å². The third kappa shape index (κ3) is 3.20. The molecule has 0 aliphatic rings. The van der Waals surface area contributed by atoms with Gasteiger partial charge in [0.15, 0.2) is 0 Å². The number of halogens is 1. The molecule has 0 aliphatic carbocycles. The molecular weight excluding hydrogens is 226 g/mol. The van der Waals surface area contributed by atoms with Crippen LogP contribution in [-0.2, 0) is 17.7 Å². The van der Waals surface area contributed by atoms with Crippen LogP contribution in [0, 0.1) is 6.92 Å². The van der Waals surface area contributed by atoms with Gasteiger partial charge in [0.1, 0.15) is 0 Å². The Hall–Kier alpha value is -0.580. The molecule has 1 aromatic rings. The summed E-state index contributed by atoms with van der Waals surface area (Å²) in [4.78, 5) is 0. The van der Waals surface area contributed by atoms with Crippen molar-refractivity contribution in [2.24, 2.45) is 5.73 Å². The van der Waals surface area contributed by atoms with E-state index >= 15 is 0 Å². The standard InChI is InChI=1S/C11H20ClN3O/c1-4-15-10(11(12)8(2)14-15)6-5-9(13)7-16-3/h9H,4-7,13H2,1-3H3. The van der Waals surface area contributed by atoms with E-state index in [-0.39, 0.29) is 6.04 Å². The monoisotopic (exact) mass is 245 g/mol. The Kier molecular flexibility index (Phi) is 5.25. The lowest BCUT2D eigenvalue weighted by atomic mass is 10.1. The maximum absolute atomic E-state index is 6.20. The lowest BCUT2D eigenvalue weighted by Crippen LogP contribution is -2.26. The Balaban J connectivity index is 2.65. The van der Waals surface area contributed by atoms with E-state index in [0.717, 1.165) is 35.8 Å². The van der Waals surface area contributed by atoms with E-state index in [1.165, 1.54) is 0 Å². The molecule has 0 amide bonds. The molecule has 5 heteroatoms. The van der Waals surface area contributed by atoms with Gasteiger partial charge in [0.2, 0.25) is 0 Å². The molecule has 0 radical (unpaired) electrons. The van der Waals surface area contributed by atoms with Crippen molar-refractivity contribution in [2.75, 3.05) is 13.7 Å². The van der Waals surface area contributed by atoms with E-state index in [4.69, 9.17) is 22.1 Å². The minimum atomic E-state index is 0.0570. The lowest BCUT2D eigenvalue weighted by Gasteiger charge is -2.11. The first-order chi connectivity index (χ1) is 7.60. The number of rotatable bonds is 6. The molecule has 0 bridgehead atoms. The van der Waals surface area contributed by atoms with E-state index in [1.807, 2.05) is 11.6 Å². The zero-order valence-electron chi connectivity index (χ0n) is 10.2. The normalized spacial score (nSPS) is 13.1. The fraction of sp³-hybridized carbons (Fsp3) is 0.727. The van der Waals surface area contributed by atoms with Crippen LogP contribution in [0.5, 0.6) is 0 Å².